The van der Waals surface area contributed by atoms with Crippen LogP contribution in [0.3, 0.4) is 0 Å². The molecule has 3 nitrogen and oxygen atoms in total. The van der Waals surface area contributed by atoms with Crippen LogP contribution in [0.5, 0.6) is 5.75 Å². The van der Waals surface area contributed by atoms with E-state index in [9.17, 15) is 5.11 Å². The Balaban J connectivity index is 2.22. The van der Waals surface area contributed by atoms with Gasteiger partial charge in [0.1, 0.15) is 11.8 Å². The summed E-state index contributed by atoms with van der Waals surface area (Å²) in [4.78, 5) is 2.26. The molecule has 114 valence electrons. The number of ether oxygens (including phenoxy) is 1. The van der Waals surface area contributed by atoms with Crippen molar-refractivity contribution in [2.45, 2.75) is 32.2 Å². The molecule has 0 spiro atoms. The van der Waals surface area contributed by atoms with Crippen molar-refractivity contribution in [3.63, 3.8) is 0 Å². The zero-order chi connectivity index (χ0) is 15.1. The van der Waals surface area contributed by atoms with Crippen LogP contribution in [0.2, 0.25) is 5.02 Å². The minimum Gasteiger partial charge on any atom is -0.508 e. The molecule has 0 aliphatic carbocycles. The number of nitrogens with zero attached hydrogens (tertiary/aromatic N) is 1. The summed E-state index contributed by atoms with van der Waals surface area (Å²) < 4.78 is 5.40. The summed E-state index contributed by atoms with van der Waals surface area (Å²) in [5.74, 6) is 6.78. The molecule has 0 bridgehead atoms. The first-order valence-electron chi connectivity index (χ1n) is 7.51. The van der Waals surface area contributed by atoms with Gasteiger partial charge in [0, 0.05) is 30.1 Å². The highest BCUT2D eigenvalue weighted by molar-refractivity contribution is 6.30. The Hall–Kier alpha value is -1.21. The average molecular weight is 308 g/mol. The summed E-state index contributed by atoms with van der Waals surface area (Å²) >= 11 is 5.92. The van der Waals surface area contributed by atoms with Gasteiger partial charge in [0.15, 0.2) is 0 Å². The van der Waals surface area contributed by atoms with Gasteiger partial charge in [-0.25, -0.2) is 0 Å². The summed E-state index contributed by atoms with van der Waals surface area (Å²) in [6.07, 6.45) is 3.14. The Bertz CT molecular complexity index is 515. The molecule has 1 N–H and O–H groups in total. The first-order chi connectivity index (χ1) is 10.2. The van der Waals surface area contributed by atoms with E-state index in [-0.39, 0.29) is 11.8 Å². The minimum atomic E-state index is -0.0944. The predicted molar refractivity (Wildman–Crippen MR) is 85.6 cm³/mol. The average Bonchev–Trinajstić information content (AvgIpc) is 2.49. The van der Waals surface area contributed by atoms with E-state index in [1.165, 1.54) is 0 Å². The molecule has 2 rings (SSSR count). The van der Waals surface area contributed by atoms with Gasteiger partial charge in [0.2, 0.25) is 0 Å². The highest BCUT2D eigenvalue weighted by Gasteiger charge is 2.23. The second-order valence-electron chi connectivity index (χ2n) is 5.18. The molecule has 1 unspecified atom stereocenters. The van der Waals surface area contributed by atoms with Crippen LogP contribution in [0.4, 0.5) is 0 Å². The van der Waals surface area contributed by atoms with Crippen LogP contribution in [0, 0.1) is 11.8 Å². The third-order valence-corrected chi connectivity index (χ3v) is 3.83. The van der Waals surface area contributed by atoms with Crippen molar-refractivity contribution in [3.8, 4) is 17.6 Å². The van der Waals surface area contributed by atoms with Gasteiger partial charge >= 0.3 is 0 Å². The molecule has 4 heteroatoms. The Morgan fingerprint density at radius 1 is 1.38 bits per heavy atom. The van der Waals surface area contributed by atoms with E-state index in [4.69, 9.17) is 16.3 Å². The van der Waals surface area contributed by atoms with Gasteiger partial charge in [-0.15, -0.1) is 5.92 Å². The molecule has 1 aromatic rings. The summed E-state index contributed by atoms with van der Waals surface area (Å²) in [6, 6.07) is 5.16. The zero-order valence-corrected chi connectivity index (χ0v) is 13.2. The Labute approximate surface area is 131 Å². The molecule has 1 aromatic carbocycles. The number of benzene rings is 1. The fourth-order valence-electron chi connectivity index (χ4n) is 2.38. The van der Waals surface area contributed by atoms with Gasteiger partial charge < -0.3 is 9.84 Å². The van der Waals surface area contributed by atoms with E-state index in [1.54, 1.807) is 12.1 Å². The standard InChI is InChI=1S/C17H22ClNO2/c1-2-3-4-5-6-16(19-9-11-21-12-10-19)15-8-7-14(18)13-17(15)20/h7-8,13,16,20H,2-4,9-12H2,1H3. The number of rotatable bonds is 4. The molecule has 0 radical (unpaired) electrons. The SMILES string of the molecule is CCCCC#CC(c1ccc(Cl)cc1O)N1CCOCC1. The molecule has 1 saturated heterocycles. The summed E-state index contributed by atoms with van der Waals surface area (Å²) in [7, 11) is 0. The lowest BCUT2D eigenvalue weighted by Gasteiger charge is -2.32. The molecule has 0 aromatic heterocycles. The number of morpholine rings is 1. The van der Waals surface area contributed by atoms with Gasteiger partial charge in [-0.2, -0.15) is 0 Å². The van der Waals surface area contributed by atoms with E-state index in [0.29, 0.717) is 18.2 Å². The number of hydrogen-bond donors (Lipinski definition) is 1. The largest absolute Gasteiger partial charge is 0.508 e. The maximum Gasteiger partial charge on any atom is 0.122 e. The van der Waals surface area contributed by atoms with Crippen LogP contribution in [-0.2, 0) is 4.74 Å². The van der Waals surface area contributed by atoms with Crippen LogP contribution in [-0.4, -0.2) is 36.3 Å². The molecule has 1 atom stereocenters. The fourth-order valence-corrected chi connectivity index (χ4v) is 2.55. The third kappa shape index (κ3) is 4.64. The van der Waals surface area contributed by atoms with Gasteiger partial charge in [0.25, 0.3) is 0 Å². The number of aromatic hydroxyl groups is 1. The molecule has 1 aliphatic heterocycles. The van der Waals surface area contributed by atoms with Crippen molar-refractivity contribution in [2.24, 2.45) is 0 Å². The van der Waals surface area contributed by atoms with Crippen molar-refractivity contribution in [3.05, 3.63) is 28.8 Å². The monoisotopic (exact) mass is 307 g/mol. The van der Waals surface area contributed by atoms with E-state index in [1.807, 2.05) is 6.07 Å². The van der Waals surface area contributed by atoms with Crippen molar-refractivity contribution in [1.82, 2.24) is 4.90 Å². The molecular formula is C17H22ClNO2. The van der Waals surface area contributed by atoms with Crippen molar-refractivity contribution >= 4 is 11.6 Å². The minimum absolute atomic E-state index is 0.0944. The maximum absolute atomic E-state index is 10.2. The number of phenolic OH excluding ortho intramolecular Hbond substituents is 1. The van der Waals surface area contributed by atoms with Gasteiger partial charge in [0.05, 0.1) is 13.2 Å². The van der Waals surface area contributed by atoms with Gasteiger partial charge in [-0.05, 0) is 18.6 Å². The summed E-state index contributed by atoms with van der Waals surface area (Å²) in [6.45, 7) is 5.24. The van der Waals surface area contributed by atoms with E-state index in [2.05, 4.69) is 23.7 Å². The van der Waals surface area contributed by atoms with Crippen LogP contribution >= 0.6 is 11.6 Å². The van der Waals surface area contributed by atoms with E-state index < -0.39 is 0 Å². The molecule has 21 heavy (non-hydrogen) atoms. The quantitative estimate of drug-likeness (QED) is 0.681. The number of phenols is 1. The number of halogens is 1. The Kier molecular flexibility index (Phi) is 6.38. The first-order valence-corrected chi connectivity index (χ1v) is 7.88. The normalized spacial score (nSPS) is 17.0. The smallest absolute Gasteiger partial charge is 0.122 e. The maximum atomic E-state index is 10.2. The first kappa shape index (κ1) is 16.2. The Morgan fingerprint density at radius 3 is 2.81 bits per heavy atom. The molecule has 1 fully saturated rings. The molecule has 0 saturated carbocycles. The lowest BCUT2D eigenvalue weighted by atomic mass is 10.0. The van der Waals surface area contributed by atoms with E-state index in [0.717, 1.165) is 37.9 Å². The second kappa shape index (κ2) is 8.29. The zero-order valence-electron chi connectivity index (χ0n) is 12.4. The third-order valence-electron chi connectivity index (χ3n) is 3.59. The highest BCUT2D eigenvalue weighted by Crippen LogP contribution is 2.31. The second-order valence-corrected chi connectivity index (χ2v) is 5.62. The lowest BCUT2D eigenvalue weighted by Crippen LogP contribution is -2.38. The van der Waals surface area contributed by atoms with Crippen molar-refractivity contribution in [1.29, 1.82) is 0 Å². The molecule has 0 amide bonds. The summed E-state index contributed by atoms with van der Waals surface area (Å²) in [5.41, 5.74) is 0.824. The molecular weight excluding hydrogens is 286 g/mol. The van der Waals surface area contributed by atoms with Crippen LogP contribution < -0.4 is 0 Å². The number of hydrogen-bond acceptors (Lipinski definition) is 3. The van der Waals surface area contributed by atoms with Crippen LogP contribution in [0.25, 0.3) is 0 Å². The Morgan fingerprint density at radius 2 is 2.14 bits per heavy atom. The topological polar surface area (TPSA) is 32.7 Å². The summed E-state index contributed by atoms with van der Waals surface area (Å²) in [5, 5.41) is 10.7. The lowest BCUT2D eigenvalue weighted by molar-refractivity contribution is 0.0266. The van der Waals surface area contributed by atoms with Crippen molar-refractivity contribution < 1.29 is 9.84 Å². The van der Waals surface area contributed by atoms with Crippen LogP contribution in [0.1, 0.15) is 37.8 Å². The van der Waals surface area contributed by atoms with Crippen molar-refractivity contribution in [2.75, 3.05) is 26.3 Å². The molecule has 1 aliphatic rings. The highest BCUT2D eigenvalue weighted by atomic mass is 35.5. The van der Waals surface area contributed by atoms with E-state index >= 15 is 0 Å². The van der Waals surface area contributed by atoms with Crippen LogP contribution in [0.15, 0.2) is 18.2 Å². The number of unbranched alkanes of at least 4 members (excludes halogenated alkanes) is 2. The molecule has 1 heterocycles. The fraction of sp³-hybridized carbons (Fsp3) is 0.529. The predicted octanol–water partition coefficient (Wildman–Crippen LogP) is 3.61. The van der Waals surface area contributed by atoms with Gasteiger partial charge in [-0.3, -0.25) is 4.90 Å². The van der Waals surface area contributed by atoms with Gasteiger partial charge in [-0.1, -0.05) is 36.9 Å².